The second-order valence-corrected chi connectivity index (χ2v) is 17.4. The molecule has 0 spiro atoms. The second-order valence-electron chi connectivity index (χ2n) is 17.4. The van der Waals surface area contributed by atoms with Crippen LogP contribution in [0, 0.1) is 13.8 Å². The van der Waals surface area contributed by atoms with Crippen LogP contribution in [0.15, 0.2) is 72.8 Å². The van der Waals surface area contributed by atoms with Gasteiger partial charge in [-0.15, -0.1) is 0 Å². The van der Waals surface area contributed by atoms with Crippen LogP contribution in [0.4, 0.5) is 0 Å². The summed E-state index contributed by atoms with van der Waals surface area (Å²) < 4.78 is 0. The van der Waals surface area contributed by atoms with E-state index in [0.717, 1.165) is 0 Å². The lowest BCUT2D eigenvalue weighted by atomic mass is 9.63. The van der Waals surface area contributed by atoms with Crippen LogP contribution >= 0.6 is 0 Å². The van der Waals surface area contributed by atoms with E-state index in [-0.39, 0.29) is 21.7 Å². The van der Waals surface area contributed by atoms with Crippen LogP contribution in [0.5, 0.6) is 0 Å². The molecule has 0 saturated carbocycles. The summed E-state index contributed by atoms with van der Waals surface area (Å²) >= 11 is 0. The van der Waals surface area contributed by atoms with Gasteiger partial charge in [0, 0.05) is 0 Å². The van der Waals surface area contributed by atoms with Crippen LogP contribution in [0.25, 0.3) is 11.1 Å². The molecule has 5 rings (SSSR count). The summed E-state index contributed by atoms with van der Waals surface area (Å²) in [7, 11) is 0. The van der Waals surface area contributed by atoms with Gasteiger partial charge in [-0.3, -0.25) is 0 Å². The van der Waals surface area contributed by atoms with E-state index in [2.05, 4.69) is 170 Å². The zero-order valence-electron chi connectivity index (χ0n) is 29.4. The zero-order chi connectivity index (χ0) is 31.9. The fourth-order valence-electron chi connectivity index (χ4n) is 6.76. The molecule has 0 radical (unpaired) electrons. The number of hydrogen-bond donors (Lipinski definition) is 0. The lowest BCUT2D eigenvalue weighted by molar-refractivity contribution is 0.560. The van der Waals surface area contributed by atoms with Gasteiger partial charge in [0.15, 0.2) is 0 Å². The Morgan fingerprint density at radius 3 is 0.907 bits per heavy atom. The van der Waals surface area contributed by atoms with E-state index in [1.165, 1.54) is 66.8 Å². The van der Waals surface area contributed by atoms with Gasteiger partial charge in [-0.2, -0.15) is 0 Å². The first-order valence-corrected chi connectivity index (χ1v) is 16.2. The molecule has 0 fully saturated rings. The Labute approximate surface area is 263 Å². The smallest absolute Gasteiger partial charge is 0.0587 e. The minimum atomic E-state index is -0.439. The van der Waals surface area contributed by atoms with Crippen LogP contribution in [0.1, 0.15) is 139 Å². The summed E-state index contributed by atoms with van der Waals surface area (Å²) in [6.07, 6.45) is 0. The maximum atomic E-state index is 2.54. The van der Waals surface area contributed by atoms with E-state index < -0.39 is 5.41 Å². The Kier molecular flexibility index (Phi) is 7.24. The van der Waals surface area contributed by atoms with Crippen molar-refractivity contribution in [3.63, 3.8) is 0 Å². The molecule has 4 aromatic carbocycles. The highest BCUT2D eigenvalue weighted by molar-refractivity contribution is 5.87. The molecule has 0 bridgehead atoms. The number of benzene rings is 4. The Morgan fingerprint density at radius 1 is 0.372 bits per heavy atom. The molecule has 0 aromatic heterocycles. The van der Waals surface area contributed by atoms with Crippen molar-refractivity contribution < 1.29 is 0 Å². The molecule has 4 aromatic rings. The molecule has 0 amide bonds. The molecule has 0 aliphatic heterocycles. The summed E-state index contributed by atoms with van der Waals surface area (Å²) in [4.78, 5) is 0. The number of hydrogen-bond acceptors (Lipinski definition) is 0. The lowest BCUT2D eigenvalue weighted by Gasteiger charge is -2.38. The van der Waals surface area contributed by atoms with Gasteiger partial charge >= 0.3 is 0 Å². The Hall–Kier alpha value is -3.12. The summed E-state index contributed by atoms with van der Waals surface area (Å²) in [6.45, 7) is 32.8. The van der Waals surface area contributed by atoms with Gasteiger partial charge in [0.1, 0.15) is 0 Å². The zero-order valence-corrected chi connectivity index (χ0v) is 29.4. The Morgan fingerprint density at radius 2 is 0.651 bits per heavy atom. The summed E-state index contributed by atoms with van der Waals surface area (Å²) in [5, 5.41) is 0. The average Bonchev–Trinajstić information content (AvgIpc) is 3.15. The van der Waals surface area contributed by atoms with Crippen molar-refractivity contribution in [2.24, 2.45) is 0 Å². The van der Waals surface area contributed by atoms with Crippen LogP contribution in [0.3, 0.4) is 0 Å². The maximum absolute atomic E-state index is 2.54. The molecule has 0 N–H and O–H groups in total. The van der Waals surface area contributed by atoms with Crippen molar-refractivity contribution in [1.82, 2.24) is 0 Å². The van der Waals surface area contributed by atoms with Crippen LogP contribution in [-0.4, -0.2) is 0 Å². The number of rotatable bonds is 2. The molecule has 0 saturated heterocycles. The Balaban J connectivity index is 2.08. The first-order chi connectivity index (χ1) is 19.6. The first kappa shape index (κ1) is 31.3. The fourth-order valence-corrected chi connectivity index (χ4v) is 6.76. The highest BCUT2D eigenvalue weighted by Gasteiger charge is 2.47. The molecular weight excluding hydrogens is 516 g/mol. The molecule has 0 heterocycles. The van der Waals surface area contributed by atoms with Crippen LogP contribution in [-0.2, 0) is 27.1 Å². The average molecular weight is 571 g/mol. The monoisotopic (exact) mass is 570 g/mol. The van der Waals surface area contributed by atoms with Gasteiger partial charge in [0.2, 0.25) is 0 Å². The first-order valence-electron chi connectivity index (χ1n) is 16.2. The number of aryl methyl sites for hydroxylation is 2. The second kappa shape index (κ2) is 9.95. The van der Waals surface area contributed by atoms with E-state index in [1.54, 1.807) is 0 Å². The van der Waals surface area contributed by atoms with Crippen molar-refractivity contribution in [3.8, 4) is 11.1 Å². The van der Waals surface area contributed by atoms with Crippen molar-refractivity contribution >= 4 is 0 Å². The van der Waals surface area contributed by atoms with E-state index in [0.29, 0.717) is 0 Å². The minimum Gasteiger partial charge on any atom is -0.0587 e. The van der Waals surface area contributed by atoms with Crippen molar-refractivity contribution in [2.75, 3.05) is 0 Å². The predicted molar refractivity (Wildman–Crippen MR) is 188 cm³/mol. The van der Waals surface area contributed by atoms with Gasteiger partial charge < -0.3 is 0 Å². The van der Waals surface area contributed by atoms with Gasteiger partial charge in [-0.05, 0) is 91.1 Å². The molecule has 0 nitrogen and oxygen atoms in total. The van der Waals surface area contributed by atoms with Crippen molar-refractivity contribution in [1.29, 1.82) is 0 Å². The summed E-state index contributed by atoms with van der Waals surface area (Å²) in [6, 6.07) is 29.4. The molecular formula is C43H54. The van der Waals surface area contributed by atoms with E-state index >= 15 is 0 Å². The van der Waals surface area contributed by atoms with Crippen LogP contribution in [0.2, 0.25) is 0 Å². The topological polar surface area (TPSA) is 0 Å². The molecule has 1 aliphatic carbocycles. The largest absolute Gasteiger partial charge is 0.0714 e. The van der Waals surface area contributed by atoms with Crippen molar-refractivity contribution in [3.05, 3.63) is 128 Å². The molecule has 0 unspecified atom stereocenters. The SMILES string of the molecule is Cc1ccc2c(c1)C(c1cc(C(C)(C)C)cc(C(C)(C)C)c1)(c1cc(C(C)(C)C)cc(C(C)(C)C)c1)c1cc(C)ccc1-2. The third-order valence-corrected chi connectivity index (χ3v) is 9.64. The standard InChI is InChI=1S/C43H54/c1-27-15-17-35-36-18-16-28(2)20-38(36)43(37(35)19-27,33-23-29(39(3,4)5)21-30(24-33)40(6,7)8)34-25-31(41(9,10)11)22-32(26-34)42(12,13)14/h15-26H,1-14H3. The Bertz CT molecular complexity index is 1500. The highest BCUT2D eigenvalue weighted by atomic mass is 14.5. The molecule has 0 atom stereocenters. The van der Waals surface area contributed by atoms with Crippen molar-refractivity contribution in [2.45, 2.75) is 124 Å². The molecule has 1 aliphatic rings. The predicted octanol–water partition coefficient (Wildman–Crippen LogP) is 11.9. The quantitative estimate of drug-likeness (QED) is 0.198. The van der Waals surface area contributed by atoms with E-state index in [9.17, 15) is 0 Å². The maximum Gasteiger partial charge on any atom is 0.0714 e. The van der Waals surface area contributed by atoms with Gasteiger partial charge in [0.05, 0.1) is 5.41 Å². The number of fused-ring (bicyclic) bond motifs is 3. The van der Waals surface area contributed by atoms with E-state index in [1.807, 2.05) is 0 Å². The lowest BCUT2D eigenvalue weighted by Crippen LogP contribution is -2.32. The normalized spacial score (nSPS) is 14.9. The molecule has 43 heavy (non-hydrogen) atoms. The van der Waals surface area contributed by atoms with Gasteiger partial charge in [0.25, 0.3) is 0 Å². The summed E-state index contributed by atoms with van der Waals surface area (Å²) in [5.41, 5.74) is 16.1. The molecule has 0 heteroatoms. The van der Waals surface area contributed by atoms with Crippen LogP contribution < -0.4 is 0 Å². The minimum absolute atomic E-state index is 0.0184. The van der Waals surface area contributed by atoms with Gasteiger partial charge in [-0.25, -0.2) is 0 Å². The molecule has 226 valence electrons. The third-order valence-electron chi connectivity index (χ3n) is 9.64. The highest BCUT2D eigenvalue weighted by Crippen LogP contribution is 2.58. The van der Waals surface area contributed by atoms with Gasteiger partial charge in [-0.1, -0.05) is 167 Å². The summed E-state index contributed by atoms with van der Waals surface area (Å²) in [5.74, 6) is 0. The third kappa shape index (κ3) is 5.41. The fraction of sp³-hybridized carbons (Fsp3) is 0.442. The van der Waals surface area contributed by atoms with E-state index in [4.69, 9.17) is 0 Å².